The second-order valence-electron chi connectivity index (χ2n) is 5.02. The number of halogens is 1. The predicted molar refractivity (Wildman–Crippen MR) is 84.8 cm³/mol. The number of rotatable bonds is 3. The number of carbonyl (C=O) groups is 1. The lowest BCUT2D eigenvalue weighted by Crippen LogP contribution is -1.87. The summed E-state index contributed by atoms with van der Waals surface area (Å²) >= 11 is 1.30. The third-order valence-electron chi connectivity index (χ3n) is 3.53. The minimum Gasteiger partial charge on any atom is -0.361 e. The smallest absolute Gasteiger partial charge is 0.160 e. The molecule has 0 radical (unpaired) electrons. The molecule has 0 saturated carbocycles. The van der Waals surface area contributed by atoms with E-state index in [1.54, 1.807) is 25.1 Å². The Bertz CT molecular complexity index is 931. The number of carbonyl (C=O) groups excluding carboxylic acids is 1. The van der Waals surface area contributed by atoms with Gasteiger partial charge in [0, 0.05) is 10.4 Å². The van der Waals surface area contributed by atoms with E-state index in [9.17, 15) is 9.18 Å². The van der Waals surface area contributed by atoms with Gasteiger partial charge in [0.15, 0.2) is 6.29 Å². The number of benzene rings is 1. The molecule has 0 spiro atoms. The number of aromatic nitrogens is 1. The van der Waals surface area contributed by atoms with Crippen LogP contribution < -0.4 is 0 Å². The Balaban J connectivity index is 2.24. The molecule has 0 fully saturated rings. The van der Waals surface area contributed by atoms with E-state index >= 15 is 0 Å². The fraction of sp³-hybridized carbons (Fsp3) is 0.118. The van der Waals surface area contributed by atoms with Crippen molar-refractivity contribution in [2.75, 3.05) is 0 Å². The van der Waals surface area contributed by atoms with Crippen molar-refractivity contribution in [2.45, 2.75) is 13.8 Å². The summed E-state index contributed by atoms with van der Waals surface area (Å²) in [6.07, 6.45) is 0.760. The van der Waals surface area contributed by atoms with Gasteiger partial charge >= 0.3 is 0 Å². The van der Waals surface area contributed by atoms with Crippen molar-refractivity contribution >= 4 is 17.6 Å². The monoisotopic (exact) mass is 326 g/mol. The van der Waals surface area contributed by atoms with E-state index in [1.807, 2.05) is 6.92 Å². The molecule has 3 aromatic rings. The minimum atomic E-state index is -0.589. The molecule has 0 aliphatic heterocycles. The molecule has 0 unspecified atom stereocenters. The van der Waals surface area contributed by atoms with E-state index in [0.717, 1.165) is 22.3 Å². The first-order chi connectivity index (χ1) is 11.0. The van der Waals surface area contributed by atoms with Crippen molar-refractivity contribution in [1.82, 2.24) is 5.16 Å². The molecule has 0 bridgehead atoms. The molecule has 3 rings (SSSR count). The van der Waals surface area contributed by atoms with Crippen molar-refractivity contribution < 1.29 is 13.7 Å². The maximum atomic E-state index is 13.9. The number of thiophene rings is 1. The summed E-state index contributed by atoms with van der Waals surface area (Å²) in [5.74, 6) is 0.0470. The van der Waals surface area contributed by atoms with Crippen molar-refractivity contribution in [3.63, 3.8) is 0 Å². The standard InChI is InChI=1S/C17H11FN2O2S/c1-9-16(10(2)22-20-9)17-14(6-13(8-21)23-17)11-3-4-12(7-19)15(18)5-11/h3-6,8H,1-2H3. The Hall–Kier alpha value is -2.78. The van der Waals surface area contributed by atoms with Gasteiger partial charge in [-0.25, -0.2) is 4.39 Å². The lowest BCUT2D eigenvalue weighted by molar-refractivity contribution is 0.112. The third-order valence-corrected chi connectivity index (χ3v) is 4.61. The number of aldehydes is 1. The molecule has 114 valence electrons. The topological polar surface area (TPSA) is 66.9 Å². The normalized spacial score (nSPS) is 10.5. The first-order valence-electron chi connectivity index (χ1n) is 6.77. The Morgan fingerprint density at radius 3 is 2.70 bits per heavy atom. The van der Waals surface area contributed by atoms with Gasteiger partial charge in [-0.05, 0) is 37.6 Å². The second-order valence-corrected chi connectivity index (χ2v) is 6.10. The molecule has 0 amide bonds. The van der Waals surface area contributed by atoms with E-state index < -0.39 is 5.82 Å². The van der Waals surface area contributed by atoms with Crippen molar-refractivity contribution in [2.24, 2.45) is 0 Å². The largest absolute Gasteiger partial charge is 0.361 e. The predicted octanol–water partition coefficient (Wildman–Crippen LogP) is 4.51. The van der Waals surface area contributed by atoms with E-state index in [4.69, 9.17) is 9.78 Å². The van der Waals surface area contributed by atoms with Gasteiger partial charge < -0.3 is 4.52 Å². The summed E-state index contributed by atoms with van der Waals surface area (Å²) < 4.78 is 19.1. The summed E-state index contributed by atoms with van der Waals surface area (Å²) in [5, 5.41) is 12.8. The van der Waals surface area contributed by atoms with E-state index in [1.165, 1.54) is 23.5 Å². The number of hydrogen-bond acceptors (Lipinski definition) is 5. The van der Waals surface area contributed by atoms with Crippen LogP contribution in [0.15, 0.2) is 28.8 Å². The van der Waals surface area contributed by atoms with Crippen LogP contribution in [0, 0.1) is 31.0 Å². The van der Waals surface area contributed by atoms with Crippen LogP contribution in [0.1, 0.15) is 26.7 Å². The number of nitrogens with zero attached hydrogens (tertiary/aromatic N) is 2. The van der Waals surface area contributed by atoms with Gasteiger partial charge in [-0.3, -0.25) is 4.79 Å². The summed E-state index contributed by atoms with van der Waals surface area (Å²) in [6, 6.07) is 7.90. The fourth-order valence-corrected chi connectivity index (χ4v) is 3.59. The molecule has 4 nitrogen and oxygen atoms in total. The summed E-state index contributed by atoms with van der Waals surface area (Å²) in [7, 11) is 0. The Labute approximate surface area is 135 Å². The first kappa shape index (κ1) is 15.1. The van der Waals surface area contributed by atoms with Crippen molar-refractivity contribution in [3.8, 4) is 27.6 Å². The van der Waals surface area contributed by atoms with Gasteiger partial charge in [-0.2, -0.15) is 5.26 Å². The maximum absolute atomic E-state index is 13.9. The zero-order chi connectivity index (χ0) is 16.6. The summed E-state index contributed by atoms with van der Waals surface area (Å²) in [5.41, 5.74) is 2.81. The minimum absolute atomic E-state index is 0.0153. The molecule has 0 atom stereocenters. The van der Waals surface area contributed by atoms with Crippen molar-refractivity contribution in [3.05, 3.63) is 52.0 Å². The fourth-order valence-electron chi connectivity index (χ4n) is 2.45. The number of nitriles is 1. The van der Waals surface area contributed by atoms with Crippen LogP contribution in [0.25, 0.3) is 21.6 Å². The zero-order valence-electron chi connectivity index (χ0n) is 12.4. The molecular formula is C17H11FN2O2S. The highest BCUT2D eigenvalue weighted by Crippen LogP contribution is 2.41. The van der Waals surface area contributed by atoms with Crippen LogP contribution in [-0.4, -0.2) is 11.4 Å². The molecule has 23 heavy (non-hydrogen) atoms. The lowest BCUT2D eigenvalue weighted by atomic mass is 10.0. The molecule has 1 aromatic carbocycles. The molecule has 2 heterocycles. The Morgan fingerprint density at radius 2 is 2.13 bits per heavy atom. The molecular weight excluding hydrogens is 315 g/mol. The van der Waals surface area contributed by atoms with Gasteiger partial charge in [0.05, 0.1) is 21.7 Å². The Morgan fingerprint density at radius 1 is 1.35 bits per heavy atom. The molecule has 0 aliphatic carbocycles. The van der Waals surface area contributed by atoms with Gasteiger partial charge in [-0.1, -0.05) is 11.2 Å². The van der Waals surface area contributed by atoms with Crippen LogP contribution in [0.5, 0.6) is 0 Å². The number of hydrogen-bond donors (Lipinski definition) is 0. The van der Waals surface area contributed by atoms with Crippen LogP contribution >= 0.6 is 11.3 Å². The second kappa shape index (κ2) is 5.78. The van der Waals surface area contributed by atoms with E-state index in [-0.39, 0.29) is 5.56 Å². The van der Waals surface area contributed by atoms with E-state index in [0.29, 0.717) is 21.9 Å². The SMILES string of the molecule is Cc1noc(C)c1-c1sc(C=O)cc1-c1ccc(C#N)c(F)c1. The van der Waals surface area contributed by atoms with Gasteiger partial charge in [-0.15, -0.1) is 11.3 Å². The maximum Gasteiger partial charge on any atom is 0.160 e. The Kier molecular flexibility index (Phi) is 3.80. The molecule has 0 saturated heterocycles. The number of aryl methyl sites for hydroxylation is 2. The molecule has 0 N–H and O–H groups in total. The molecule has 0 aliphatic rings. The average Bonchev–Trinajstić information content (AvgIpc) is 3.10. The highest BCUT2D eigenvalue weighted by atomic mass is 32.1. The summed E-state index contributed by atoms with van der Waals surface area (Å²) in [4.78, 5) is 12.5. The molecule has 2 aromatic heterocycles. The molecule has 6 heteroatoms. The highest BCUT2D eigenvalue weighted by Gasteiger charge is 2.20. The van der Waals surface area contributed by atoms with Crippen molar-refractivity contribution in [1.29, 1.82) is 5.26 Å². The quantitative estimate of drug-likeness (QED) is 0.664. The third kappa shape index (κ3) is 2.56. The zero-order valence-corrected chi connectivity index (χ0v) is 13.2. The average molecular weight is 326 g/mol. The van der Waals surface area contributed by atoms with Crippen LogP contribution in [0.2, 0.25) is 0 Å². The highest BCUT2D eigenvalue weighted by molar-refractivity contribution is 7.17. The van der Waals surface area contributed by atoms with E-state index in [2.05, 4.69) is 5.16 Å². The van der Waals surface area contributed by atoms with Gasteiger partial charge in [0.1, 0.15) is 17.6 Å². The van der Waals surface area contributed by atoms with Crippen LogP contribution in [0.4, 0.5) is 4.39 Å². The lowest BCUT2D eigenvalue weighted by Gasteiger charge is -2.05. The van der Waals surface area contributed by atoms with Gasteiger partial charge in [0.2, 0.25) is 0 Å². The van der Waals surface area contributed by atoms with Crippen LogP contribution in [0.3, 0.4) is 0 Å². The van der Waals surface area contributed by atoms with Gasteiger partial charge in [0.25, 0.3) is 0 Å². The van der Waals surface area contributed by atoms with Crippen LogP contribution in [-0.2, 0) is 0 Å². The summed E-state index contributed by atoms with van der Waals surface area (Å²) in [6.45, 7) is 3.61. The first-order valence-corrected chi connectivity index (χ1v) is 7.59.